The topological polar surface area (TPSA) is 21.3 Å². The molecule has 0 aromatic carbocycles. The van der Waals surface area contributed by atoms with Crippen LogP contribution in [-0.2, 0) is 4.74 Å². The smallest absolute Gasteiger partial charge is 0.0624 e. The first-order valence-electron chi connectivity index (χ1n) is 4.31. The van der Waals surface area contributed by atoms with E-state index in [1.807, 2.05) is 0 Å². The van der Waals surface area contributed by atoms with Gasteiger partial charge in [-0.3, -0.25) is 0 Å². The summed E-state index contributed by atoms with van der Waals surface area (Å²) >= 11 is 0. The van der Waals surface area contributed by atoms with Crippen LogP contribution in [-0.4, -0.2) is 25.3 Å². The zero-order chi connectivity index (χ0) is 6.55. The number of hydrogen-bond donors (Lipinski definition) is 1. The van der Waals surface area contributed by atoms with E-state index >= 15 is 0 Å². The summed E-state index contributed by atoms with van der Waals surface area (Å²) in [6.45, 7) is 2.43. The van der Waals surface area contributed by atoms with E-state index in [1.54, 1.807) is 0 Å². The number of rotatable bonds is 0. The molecule has 4 atom stereocenters. The predicted octanol–water partition coefficient (Wildman–Crippen LogP) is 0.383. The van der Waals surface area contributed by atoms with Gasteiger partial charge in [0.25, 0.3) is 0 Å². The second kappa shape index (κ2) is 1.74. The minimum absolute atomic E-state index is 0.630. The second-order valence-electron chi connectivity index (χ2n) is 3.78. The van der Waals surface area contributed by atoms with E-state index in [0.29, 0.717) is 12.2 Å². The summed E-state index contributed by atoms with van der Waals surface area (Å²) in [4.78, 5) is 0. The van der Waals surface area contributed by atoms with Crippen LogP contribution in [0.1, 0.15) is 12.8 Å². The minimum atomic E-state index is 0.630. The van der Waals surface area contributed by atoms with Crippen molar-refractivity contribution in [2.45, 2.75) is 25.0 Å². The molecule has 3 fully saturated rings. The predicted molar refractivity (Wildman–Crippen MR) is 37.7 cm³/mol. The SMILES string of the molecule is C1NC[C@H]2[C@@H]1[C@@H]1CC[C@H]2O1. The molecule has 3 aliphatic rings. The molecule has 56 valence electrons. The summed E-state index contributed by atoms with van der Waals surface area (Å²) < 4.78 is 5.80. The first kappa shape index (κ1) is 5.56. The maximum Gasteiger partial charge on any atom is 0.0624 e. The molecule has 0 aromatic heterocycles. The summed E-state index contributed by atoms with van der Waals surface area (Å²) in [6.07, 6.45) is 3.91. The number of nitrogens with one attached hydrogen (secondary N) is 1. The van der Waals surface area contributed by atoms with E-state index in [0.717, 1.165) is 11.8 Å². The van der Waals surface area contributed by atoms with Crippen LogP contribution in [0.2, 0.25) is 0 Å². The Morgan fingerprint density at radius 3 is 2.20 bits per heavy atom. The molecule has 3 heterocycles. The van der Waals surface area contributed by atoms with Gasteiger partial charge in [0.15, 0.2) is 0 Å². The largest absolute Gasteiger partial charge is 0.374 e. The van der Waals surface area contributed by atoms with Gasteiger partial charge in [-0.2, -0.15) is 0 Å². The second-order valence-corrected chi connectivity index (χ2v) is 3.78. The molecule has 0 aliphatic carbocycles. The van der Waals surface area contributed by atoms with Crippen LogP contribution in [0, 0.1) is 11.8 Å². The average molecular weight is 139 g/mol. The maximum atomic E-state index is 5.80. The van der Waals surface area contributed by atoms with Crippen molar-refractivity contribution in [3.63, 3.8) is 0 Å². The molecule has 1 N–H and O–H groups in total. The lowest BCUT2D eigenvalue weighted by molar-refractivity contribution is 0.0832. The van der Waals surface area contributed by atoms with Crippen molar-refractivity contribution < 1.29 is 4.74 Å². The summed E-state index contributed by atoms with van der Waals surface area (Å²) in [6, 6.07) is 0. The lowest BCUT2D eigenvalue weighted by atomic mass is 9.82. The fourth-order valence-corrected chi connectivity index (χ4v) is 2.85. The van der Waals surface area contributed by atoms with Crippen LogP contribution in [0.25, 0.3) is 0 Å². The lowest BCUT2D eigenvalue weighted by Crippen LogP contribution is -2.24. The Kier molecular flexibility index (Phi) is 0.968. The van der Waals surface area contributed by atoms with Crippen LogP contribution in [0.3, 0.4) is 0 Å². The van der Waals surface area contributed by atoms with Gasteiger partial charge in [-0.1, -0.05) is 0 Å². The van der Waals surface area contributed by atoms with Gasteiger partial charge in [0.1, 0.15) is 0 Å². The van der Waals surface area contributed by atoms with Crippen molar-refractivity contribution in [1.29, 1.82) is 0 Å². The average Bonchev–Trinajstić information content (AvgIpc) is 2.60. The van der Waals surface area contributed by atoms with E-state index in [1.165, 1.54) is 25.9 Å². The standard InChI is InChI=1S/C8H13NO/c1-2-8-6-4-9-3-5(6)7(1)10-8/h5-9H,1-4H2/t5-,6+,7+,8-. The summed E-state index contributed by atoms with van der Waals surface area (Å²) in [5.41, 5.74) is 0. The monoisotopic (exact) mass is 139 g/mol. The molecular formula is C8H13NO. The van der Waals surface area contributed by atoms with E-state index in [-0.39, 0.29) is 0 Å². The Morgan fingerprint density at radius 2 is 1.60 bits per heavy atom. The molecule has 3 saturated heterocycles. The first-order chi connectivity index (χ1) is 4.95. The molecule has 2 bridgehead atoms. The van der Waals surface area contributed by atoms with Crippen LogP contribution in [0.5, 0.6) is 0 Å². The van der Waals surface area contributed by atoms with Crippen molar-refractivity contribution in [2.75, 3.05) is 13.1 Å². The highest BCUT2D eigenvalue weighted by atomic mass is 16.5. The number of hydrogen-bond acceptors (Lipinski definition) is 2. The van der Waals surface area contributed by atoms with Gasteiger partial charge in [-0.15, -0.1) is 0 Å². The van der Waals surface area contributed by atoms with E-state index in [9.17, 15) is 0 Å². The zero-order valence-corrected chi connectivity index (χ0v) is 6.05. The molecule has 0 unspecified atom stereocenters. The van der Waals surface area contributed by atoms with Crippen LogP contribution in [0.15, 0.2) is 0 Å². The molecule has 10 heavy (non-hydrogen) atoms. The van der Waals surface area contributed by atoms with Crippen molar-refractivity contribution in [3.8, 4) is 0 Å². The molecule has 0 amide bonds. The van der Waals surface area contributed by atoms with Crippen molar-refractivity contribution in [1.82, 2.24) is 5.32 Å². The molecule has 0 radical (unpaired) electrons. The summed E-state index contributed by atoms with van der Waals surface area (Å²) in [5, 5.41) is 3.45. The van der Waals surface area contributed by atoms with Crippen LogP contribution in [0.4, 0.5) is 0 Å². The van der Waals surface area contributed by atoms with E-state index < -0.39 is 0 Å². The number of ether oxygens (including phenoxy) is 1. The molecule has 2 nitrogen and oxygen atoms in total. The quantitative estimate of drug-likeness (QED) is 0.524. The van der Waals surface area contributed by atoms with Crippen LogP contribution >= 0.6 is 0 Å². The fourth-order valence-electron chi connectivity index (χ4n) is 2.85. The Morgan fingerprint density at radius 1 is 1.00 bits per heavy atom. The highest BCUT2D eigenvalue weighted by Gasteiger charge is 2.50. The normalized spacial score (nSPS) is 57.6. The highest BCUT2D eigenvalue weighted by Crippen LogP contribution is 2.44. The molecule has 0 spiro atoms. The molecule has 3 aliphatic heterocycles. The van der Waals surface area contributed by atoms with Gasteiger partial charge >= 0.3 is 0 Å². The third-order valence-corrected chi connectivity index (χ3v) is 3.35. The Labute approximate surface area is 60.9 Å². The van der Waals surface area contributed by atoms with Gasteiger partial charge in [-0.05, 0) is 12.8 Å². The highest BCUT2D eigenvalue weighted by molar-refractivity contribution is 5.01. The third kappa shape index (κ3) is 0.523. The third-order valence-electron chi connectivity index (χ3n) is 3.35. The fraction of sp³-hybridized carbons (Fsp3) is 1.00. The summed E-state index contributed by atoms with van der Waals surface area (Å²) in [5.74, 6) is 1.75. The van der Waals surface area contributed by atoms with E-state index in [2.05, 4.69) is 5.32 Å². The number of fused-ring (bicyclic) bond motifs is 5. The van der Waals surface area contributed by atoms with Gasteiger partial charge in [0, 0.05) is 24.9 Å². The lowest BCUT2D eigenvalue weighted by Gasteiger charge is -2.18. The molecule has 0 saturated carbocycles. The Bertz CT molecular complexity index is 143. The van der Waals surface area contributed by atoms with E-state index in [4.69, 9.17) is 4.74 Å². The molecule has 2 heteroatoms. The van der Waals surface area contributed by atoms with Gasteiger partial charge in [0.2, 0.25) is 0 Å². The van der Waals surface area contributed by atoms with Gasteiger partial charge < -0.3 is 10.1 Å². The first-order valence-corrected chi connectivity index (χ1v) is 4.31. The van der Waals surface area contributed by atoms with Crippen molar-refractivity contribution in [2.24, 2.45) is 11.8 Å². The maximum absolute atomic E-state index is 5.80. The molecule has 0 aromatic rings. The van der Waals surface area contributed by atoms with Gasteiger partial charge in [0.05, 0.1) is 12.2 Å². The Balaban J connectivity index is 1.92. The van der Waals surface area contributed by atoms with Crippen molar-refractivity contribution >= 4 is 0 Å². The molecule has 3 rings (SSSR count). The van der Waals surface area contributed by atoms with Crippen molar-refractivity contribution in [3.05, 3.63) is 0 Å². The van der Waals surface area contributed by atoms with Crippen LogP contribution < -0.4 is 5.32 Å². The van der Waals surface area contributed by atoms with Gasteiger partial charge in [-0.25, -0.2) is 0 Å². The Hall–Kier alpha value is -0.0800. The molecular weight excluding hydrogens is 126 g/mol. The summed E-state index contributed by atoms with van der Waals surface area (Å²) in [7, 11) is 0. The zero-order valence-electron chi connectivity index (χ0n) is 6.05. The minimum Gasteiger partial charge on any atom is -0.374 e.